The fourth-order valence-electron chi connectivity index (χ4n) is 2.60. The van der Waals surface area contributed by atoms with Crippen molar-refractivity contribution in [2.24, 2.45) is 0 Å². The van der Waals surface area contributed by atoms with Crippen molar-refractivity contribution >= 4 is 11.9 Å². The minimum absolute atomic E-state index is 0.000545. The van der Waals surface area contributed by atoms with Crippen LogP contribution in [0.2, 0.25) is 0 Å². The zero-order valence-corrected chi connectivity index (χ0v) is 11.7. The van der Waals surface area contributed by atoms with E-state index < -0.39 is 0 Å². The van der Waals surface area contributed by atoms with E-state index >= 15 is 0 Å². The SMILES string of the molecule is COc1ccc2c(c1)C(=O)/C(=C/c1cccc(F)c1)CC2. The van der Waals surface area contributed by atoms with Crippen LogP contribution in [0.1, 0.15) is 27.9 Å². The number of rotatable bonds is 2. The number of carbonyl (C=O) groups excluding carboxylic acids is 1. The summed E-state index contributed by atoms with van der Waals surface area (Å²) in [4.78, 5) is 12.6. The van der Waals surface area contributed by atoms with E-state index in [1.165, 1.54) is 12.1 Å². The van der Waals surface area contributed by atoms with Crippen LogP contribution < -0.4 is 4.74 Å². The summed E-state index contributed by atoms with van der Waals surface area (Å²) in [6.45, 7) is 0. The van der Waals surface area contributed by atoms with E-state index in [0.29, 0.717) is 28.9 Å². The van der Waals surface area contributed by atoms with E-state index in [1.807, 2.05) is 12.1 Å². The van der Waals surface area contributed by atoms with Gasteiger partial charge in [0.1, 0.15) is 11.6 Å². The van der Waals surface area contributed by atoms with Crippen molar-refractivity contribution in [3.05, 3.63) is 70.5 Å². The third-order valence-corrected chi connectivity index (χ3v) is 3.71. The van der Waals surface area contributed by atoms with Gasteiger partial charge < -0.3 is 4.74 Å². The van der Waals surface area contributed by atoms with E-state index in [4.69, 9.17) is 4.74 Å². The highest BCUT2D eigenvalue weighted by molar-refractivity contribution is 6.13. The maximum atomic E-state index is 13.2. The van der Waals surface area contributed by atoms with Crippen molar-refractivity contribution in [3.63, 3.8) is 0 Å². The third-order valence-electron chi connectivity index (χ3n) is 3.71. The Kier molecular flexibility index (Phi) is 3.57. The number of benzene rings is 2. The summed E-state index contributed by atoms with van der Waals surface area (Å²) in [5.74, 6) is 0.378. The van der Waals surface area contributed by atoms with Crippen LogP contribution in [0.5, 0.6) is 5.75 Å². The third kappa shape index (κ3) is 2.72. The van der Waals surface area contributed by atoms with Crippen LogP contribution >= 0.6 is 0 Å². The van der Waals surface area contributed by atoms with Crippen LogP contribution in [0, 0.1) is 5.82 Å². The summed E-state index contributed by atoms with van der Waals surface area (Å²) < 4.78 is 18.4. The van der Waals surface area contributed by atoms with Gasteiger partial charge in [-0.25, -0.2) is 4.39 Å². The second-order valence-electron chi connectivity index (χ2n) is 5.08. The molecular formula is C18H15FO2. The summed E-state index contributed by atoms with van der Waals surface area (Å²) in [5, 5.41) is 0. The number of Topliss-reactive ketones (excluding diaryl/α,β-unsaturated/α-hetero) is 1. The van der Waals surface area contributed by atoms with Crippen molar-refractivity contribution in [1.82, 2.24) is 0 Å². The Morgan fingerprint density at radius 1 is 1.14 bits per heavy atom. The predicted molar refractivity (Wildman–Crippen MR) is 80.0 cm³/mol. The van der Waals surface area contributed by atoms with E-state index in [1.54, 1.807) is 31.4 Å². The zero-order valence-electron chi connectivity index (χ0n) is 11.7. The first kappa shape index (κ1) is 13.6. The van der Waals surface area contributed by atoms with Gasteiger partial charge >= 0.3 is 0 Å². The number of hydrogen-bond acceptors (Lipinski definition) is 2. The van der Waals surface area contributed by atoms with Crippen LogP contribution in [0.15, 0.2) is 48.0 Å². The van der Waals surface area contributed by atoms with Crippen molar-refractivity contribution in [2.45, 2.75) is 12.8 Å². The first-order chi connectivity index (χ1) is 10.2. The first-order valence-corrected chi connectivity index (χ1v) is 6.85. The monoisotopic (exact) mass is 282 g/mol. The van der Waals surface area contributed by atoms with Gasteiger partial charge in [-0.05, 0) is 54.3 Å². The summed E-state index contributed by atoms with van der Waals surface area (Å²) >= 11 is 0. The molecule has 2 aromatic rings. The van der Waals surface area contributed by atoms with Crippen molar-refractivity contribution in [3.8, 4) is 5.75 Å². The summed E-state index contributed by atoms with van der Waals surface area (Å²) in [6, 6.07) is 11.8. The standard InChI is InChI=1S/C18H15FO2/c1-21-16-8-7-13-5-6-14(18(20)17(13)11-16)9-12-3-2-4-15(19)10-12/h2-4,7-11H,5-6H2,1H3/b14-9+. The van der Waals surface area contributed by atoms with Gasteiger partial charge in [-0.1, -0.05) is 18.2 Å². The van der Waals surface area contributed by atoms with E-state index in [2.05, 4.69) is 0 Å². The number of ether oxygens (including phenoxy) is 1. The van der Waals surface area contributed by atoms with Crippen LogP contribution in [-0.4, -0.2) is 12.9 Å². The van der Waals surface area contributed by atoms with Gasteiger partial charge in [0.05, 0.1) is 7.11 Å². The molecule has 0 radical (unpaired) electrons. The van der Waals surface area contributed by atoms with Gasteiger partial charge in [0, 0.05) is 11.1 Å². The van der Waals surface area contributed by atoms with Gasteiger partial charge in [0.2, 0.25) is 0 Å². The molecule has 0 saturated carbocycles. The molecule has 1 aliphatic carbocycles. The first-order valence-electron chi connectivity index (χ1n) is 6.85. The van der Waals surface area contributed by atoms with Gasteiger partial charge in [-0.15, -0.1) is 0 Å². The molecule has 0 N–H and O–H groups in total. The average Bonchev–Trinajstić information content (AvgIpc) is 2.50. The summed E-state index contributed by atoms with van der Waals surface area (Å²) in [5.41, 5.74) is 3.14. The maximum Gasteiger partial charge on any atom is 0.189 e. The Morgan fingerprint density at radius 2 is 2.00 bits per heavy atom. The molecule has 2 nitrogen and oxygen atoms in total. The number of allylic oxidation sites excluding steroid dienone is 1. The highest BCUT2D eigenvalue weighted by atomic mass is 19.1. The normalized spacial score (nSPS) is 15.9. The fourth-order valence-corrected chi connectivity index (χ4v) is 2.60. The minimum Gasteiger partial charge on any atom is -0.497 e. The van der Waals surface area contributed by atoms with Gasteiger partial charge in [0.15, 0.2) is 5.78 Å². The molecule has 3 rings (SSSR count). The molecule has 2 aromatic carbocycles. The highest BCUT2D eigenvalue weighted by Gasteiger charge is 2.22. The Labute approximate surface area is 122 Å². The average molecular weight is 282 g/mol. The van der Waals surface area contributed by atoms with Crippen LogP contribution in [-0.2, 0) is 6.42 Å². The topological polar surface area (TPSA) is 26.3 Å². The summed E-state index contributed by atoms with van der Waals surface area (Å²) in [7, 11) is 1.58. The Morgan fingerprint density at radius 3 is 2.76 bits per heavy atom. The number of ketones is 1. The Balaban J connectivity index is 1.98. The lowest BCUT2D eigenvalue weighted by Crippen LogP contribution is -2.14. The number of hydrogen-bond donors (Lipinski definition) is 0. The number of fused-ring (bicyclic) bond motifs is 1. The van der Waals surface area contributed by atoms with Crippen molar-refractivity contribution < 1.29 is 13.9 Å². The largest absolute Gasteiger partial charge is 0.497 e. The number of methoxy groups -OCH3 is 1. The second kappa shape index (κ2) is 5.52. The molecule has 0 bridgehead atoms. The molecule has 0 aromatic heterocycles. The van der Waals surface area contributed by atoms with Crippen LogP contribution in [0.4, 0.5) is 4.39 Å². The van der Waals surface area contributed by atoms with E-state index in [9.17, 15) is 9.18 Å². The van der Waals surface area contributed by atoms with Gasteiger partial charge in [0.25, 0.3) is 0 Å². The second-order valence-corrected chi connectivity index (χ2v) is 5.08. The van der Waals surface area contributed by atoms with Crippen molar-refractivity contribution in [2.75, 3.05) is 7.11 Å². The molecular weight excluding hydrogens is 267 g/mol. The molecule has 0 amide bonds. The molecule has 0 saturated heterocycles. The molecule has 0 unspecified atom stereocenters. The van der Waals surface area contributed by atoms with E-state index in [-0.39, 0.29) is 11.6 Å². The number of aryl methyl sites for hydroxylation is 1. The molecule has 21 heavy (non-hydrogen) atoms. The molecule has 1 aliphatic rings. The number of halogens is 1. The van der Waals surface area contributed by atoms with Gasteiger partial charge in [-0.3, -0.25) is 4.79 Å². The van der Waals surface area contributed by atoms with Crippen molar-refractivity contribution in [1.29, 1.82) is 0 Å². The Bertz CT molecular complexity index is 732. The summed E-state index contributed by atoms with van der Waals surface area (Å²) in [6.07, 6.45) is 3.26. The Hall–Kier alpha value is -2.42. The molecule has 3 heteroatoms. The fraction of sp³-hybridized carbons (Fsp3) is 0.167. The number of carbonyl (C=O) groups is 1. The smallest absolute Gasteiger partial charge is 0.189 e. The lowest BCUT2D eigenvalue weighted by Gasteiger charge is -2.18. The van der Waals surface area contributed by atoms with Gasteiger partial charge in [-0.2, -0.15) is 0 Å². The molecule has 0 spiro atoms. The van der Waals surface area contributed by atoms with Crippen LogP contribution in [0.3, 0.4) is 0 Å². The zero-order chi connectivity index (χ0) is 14.8. The maximum absolute atomic E-state index is 13.2. The minimum atomic E-state index is -0.297. The van der Waals surface area contributed by atoms with Crippen LogP contribution in [0.25, 0.3) is 6.08 Å². The lowest BCUT2D eigenvalue weighted by atomic mass is 9.86. The predicted octanol–water partition coefficient (Wildman–Crippen LogP) is 4.05. The lowest BCUT2D eigenvalue weighted by molar-refractivity contribution is 0.102. The van der Waals surface area contributed by atoms with E-state index in [0.717, 1.165) is 12.0 Å². The molecule has 0 fully saturated rings. The highest BCUT2D eigenvalue weighted by Crippen LogP contribution is 2.29. The molecule has 106 valence electrons. The molecule has 0 atom stereocenters. The quantitative estimate of drug-likeness (QED) is 0.777. The molecule has 0 heterocycles. The molecule has 0 aliphatic heterocycles.